The van der Waals surface area contributed by atoms with Crippen molar-refractivity contribution in [1.82, 2.24) is 5.32 Å². The molecule has 5 atom stereocenters. The van der Waals surface area contributed by atoms with Crippen molar-refractivity contribution in [2.24, 2.45) is 23.7 Å². The highest BCUT2D eigenvalue weighted by molar-refractivity contribution is 5.82. The van der Waals surface area contributed by atoms with Gasteiger partial charge in [0, 0.05) is 29.5 Å². The molecule has 1 N–H and O–H groups in total. The molecule has 1 amide bonds. The molecule has 3 saturated carbocycles. The summed E-state index contributed by atoms with van der Waals surface area (Å²) >= 11 is 0. The summed E-state index contributed by atoms with van der Waals surface area (Å²) in [6, 6.07) is 5.83. The summed E-state index contributed by atoms with van der Waals surface area (Å²) in [7, 11) is 1.59. The number of methoxy groups -OCH3 is 1. The molecule has 3 aliphatic carbocycles. The molecule has 5 heteroatoms. The van der Waals surface area contributed by atoms with Gasteiger partial charge in [-0.2, -0.15) is 0 Å². The highest BCUT2D eigenvalue weighted by Gasteiger charge is 2.53. The van der Waals surface area contributed by atoms with Gasteiger partial charge < -0.3 is 14.5 Å². The molecule has 1 aromatic heterocycles. The first-order chi connectivity index (χ1) is 14.0. The second-order valence-electron chi connectivity index (χ2n) is 9.18. The smallest absolute Gasteiger partial charge is 0.339 e. The maximum absolute atomic E-state index is 12.7. The number of hydrogen-bond donors (Lipinski definition) is 1. The Labute approximate surface area is 170 Å². The zero-order valence-corrected chi connectivity index (χ0v) is 17.2. The Balaban J connectivity index is 1.26. The molecule has 0 aliphatic heterocycles. The van der Waals surface area contributed by atoms with E-state index in [4.69, 9.17) is 9.15 Å². The minimum absolute atomic E-state index is 0.0609. The van der Waals surface area contributed by atoms with Crippen molar-refractivity contribution >= 4 is 16.9 Å². The van der Waals surface area contributed by atoms with E-state index in [1.807, 2.05) is 19.1 Å². The first-order valence-corrected chi connectivity index (χ1v) is 10.9. The van der Waals surface area contributed by atoms with E-state index in [-0.39, 0.29) is 11.5 Å². The molecule has 2 aromatic rings. The van der Waals surface area contributed by atoms with Crippen molar-refractivity contribution in [2.45, 2.75) is 57.9 Å². The van der Waals surface area contributed by atoms with Gasteiger partial charge >= 0.3 is 5.63 Å². The van der Waals surface area contributed by atoms with Crippen molar-refractivity contribution in [1.29, 1.82) is 0 Å². The van der Waals surface area contributed by atoms with Gasteiger partial charge in [0.15, 0.2) is 0 Å². The fraction of sp³-hybridized carbons (Fsp3) is 0.583. The van der Waals surface area contributed by atoms with Crippen molar-refractivity contribution < 1.29 is 13.9 Å². The number of carbonyl (C=O) groups is 1. The van der Waals surface area contributed by atoms with Gasteiger partial charge in [-0.05, 0) is 80.4 Å². The summed E-state index contributed by atoms with van der Waals surface area (Å²) in [4.78, 5) is 25.2. The van der Waals surface area contributed by atoms with Crippen LogP contribution in [0.15, 0.2) is 27.4 Å². The van der Waals surface area contributed by atoms with Crippen LogP contribution in [0.5, 0.6) is 5.75 Å². The largest absolute Gasteiger partial charge is 0.497 e. The number of carbonyl (C=O) groups excluding carboxylic acids is 1. The van der Waals surface area contributed by atoms with Crippen molar-refractivity contribution in [3.8, 4) is 5.75 Å². The van der Waals surface area contributed by atoms with Crippen LogP contribution in [0.25, 0.3) is 11.0 Å². The highest BCUT2D eigenvalue weighted by Crippen LogP contribution is 2.58. The first-order valence-electron chi connectivity index (χ1n) is 10.9. The molecule has 0 radical (unpaired) electrons. The van der Waals surface area contributed by atoms with Crippen LogP contribution in [0.1, 0.15) is 49.7 Å². The maximum atomic E-state index is 12.7. The van der Waals surface area contributed by atoms with Crippen molar-refractivity contribution in [2.75, 3.05) is 7.11 Å². The second kappa shape index (κ2) is 7.19. The fourth-order valence-corrected chi connectivity index (χ4v) is 6.54. The molecular formula is C24H29NO4. The Bertz CT molecular complexity index is 1010. The van der Waals surface area contributed by atoms with Crippen LogP contribution in [-0.4, -0.2) is 19.1 Å². The molecule has 2 bridgehead atoms. The average Bonchev–Trinajstić information content (AvgIpc) is 3.40. The number of amides is 1. The summed E-state index contributed by atoms with van der Waals surface area (Å²) in [5.41, 5.74) is 1.65. The van der Waals surface area contributed by atoms with E-state index in [1.165, 1.54) is 25.7 Å². The van der Waals surface area contributed by atoms with Gasteiger partial charge in [0.25, 0.3) is 0 Å². The third-order valence-electron chi connectivity index (χ3n) is 7.87. The molecule has 5 nitrogen and oxygen atoms in total. The van der Waals surface area contributed by atoms with E-state index in [9.17, 15) is 9.59 Å². The van der Waals surface area contributed by atoms with Gasteiger partial charge in [-0.25, -0.2) is 4.79 Å². The van der Waals surface area contributed by atoms with E-state index in [1.54, 1.807) is 13.2 Å². The van der Waals surface area contributed by atoms with Gasteiger partial charge in [0.05, 0.1) is 7.11 Å². The number of benzene rings is 1. The van der Waals surface area contributed by atoms with Crippen LogP contribution in [0.3, 0.4) is 0 Å². The Hall–Kier alpha value is -2.30. The molecule has 1 aromatic carbocycles. The lowest BCUT2D eigenvalue weighted by atomic mass is 9.79. The van der Waals surface area contributed by atoms with Crippen LogP contribution in [-0.2, 0) is 11.2 Å². The molecule has 0 saturated heterocycles. The molecule has 3 aliphatic rings. The third kappa shape index (κ3) is 3.15. The minimum atomic E-state index is -0.357. The van der Waals surface area contributed by atoms with Gasteiger partial charge in [-0.15, -0.1) is 0 Å². The predicted octanol–water partition coefficient (Wildman–Crippen LogP) is 3.98. The normalized spacial score (nSPS) is 29.9. The standard InChI is InChI=1S/C24H29NO4/c1-13-16-7-6-15(28-2)12-22(16)29-24(27)17(13)8-9-23(26)25-21-11-14-10-20(21)19-5-3-4-18(14)19/h6-7,12,14,18-21H,3-5,8-11H2,1-2H3,(H,25,26). The van der Waals surface area contributed by atoms with Crippen LogP contribution >= 0.6 is 0 Å². The molecule has 5 rings (SSSR count). The molecule has 1 heterocycles. The van der Waals surface area contributed by atoms with Crippen molar-refractivity contribution in [3.05, 3.63) is 39.7 Å². The van der Waals surface area contributed by atoms with Crippen LogP contribution in [0.2, 0.25) is 0 Å². The van der Waals surface area contributed by atoms with E-state index in [2.05, 4.69) is 5.32 Å². The average molecular weight is 395 g/mol. The van der Waals surface area contributed by atoms with Crippen LogP contribution in [0.4, 0.5) is 0 Å². The summed E-state index contributed by atoms with van der Waals surface area (Å²) in [6.45, 7) is 1.93. The lowest BCUT2D eigenvalue weighted by Gasteiger charge is -2.32. The van der Waals surface area contributed by atoms with Crippen LogP contribution < -0.4 is 15.7 Å². The molecule has 5 unspecified atom stereocenters. The van der Waals surface area contributed by atoms with E-state index >= 15 is 0 Å². The topological polar surface area (TPSA) is 68.5 Å². The summed E-state index contributed by atoms with van der Waals surface area (Å²) in [5.74, 6) is 3.99. The van der Waals surface area contributed by atoms with E-state index in [0.29, 0.717) is 41.7 Å². The zero-order chi connectivity index (χ0) is 20.1. The number of fused-ring (bicyclic) bond motifs is 6. The molecular weight excluding hydrogens is 366 g/mol. The Morgan fingerprint density at radius 3 is 2.86 bits per heavy atom. The van der Waals surface area contributed by atoms with Gasteiger partial charge in [-0.1, -0.05) is 6.42 Å². The van der Waals surface area contributed by atoms with E-state index < -0.39 is 0 Å². The highest BCUT2D eigenvalue weighted by atomic mass is 16.5. The quantitative estimate of drug-likeness (QED) is 0.778. The summed E-state index contributed by atoms with van der Waals surface area (Å²) < 4.78 is 10.7. The Morgan fingerprint density at radius 1 is 1.21 bits per heavy atom. The monoisotopic (exact) mass is 395 g/mol. The molecule has 154 valence electrons. The zero-order valence-electron chi connectivity index (χ0n) is 17.2. The number of aryl methyl sites for hydroxylation is 1. The summed E-state index contributed by atoms with van der Waals surface area (Å²) in [6.07, 6.45) is 7.30. The third-order valence-corrected chi connectivity index (χ3v) is 7.87. The SMILES string of the molecule is COc1ccc2c(C)c(CCC(=O)NC3CC4CC3C3CCCC43)c(=O)oc2c1. The second-order valence-corrected chi connectivity index (χ2v) is 9.18. The Morgan fingerprint density at radius 2 is 2.03 bits per heavy atom. The number of ether oxygens (including phenoxy) is 1. The van der Waals surface area contributed by atoms with Crippen molar-refractivity contribution in [3.63, 3.8) is 0 Å². The number of hydrogen-bond acceptors (Lipinski definition) is 4. The predicted molar refractivity (Wildman–Crippen MR) is 111 cm³/mol. The first kappa shape index (κ1) is 18.7. The molecule has 29 heavy (non-hydrogen) atoms. The minimum Gasteiger partial charge on any atom is -0.497 e. The van der Waals surface area contributed by atoms with E-state index in [0.717, 1.165) is 35.1 Å². The fourth-order valence-electron chi connectivity index (χ4n) is 6.54. The lowest BCUT2D eigenvalue weighted by molar-refractivity contribution is -0.122. The lowest BCUT2D eigenvalue weighted by Crippen LogP contribution is -2.42. The molecule has 0 spiro atoms. The van der Waals surface area contributed by atoms with Gasteiger partial charge in [0.1, 0.15) is 11.3 Å². The molecule has 3 fully saturated rings. The van der Waals surface area contributed by atoms with Crippen LogP contribution in [0, 0.1) is 30.6 Å². The van der Waals surface area contributed by atoms with Gasteiger partial charge in [0.2, 0.25) is 5.91 Å². The Kier molecular flexibility index (Phi) is 4.64. The van der Waals surface area contributed by atoms with Gasteiger partial charge in [-0.3, -0.25) is 4.79 Å². The summed E-state index contributed by atoms with van der Waals surface area (Å²) in [5, 5.41) is 4.19. The number of rotatable bonds is 5. The maximum Gasteiger partial charge on any atom is 0.339 e. The number of nitrogens with one attached hydrogen (secondary N) is 1.